The van der Waals surface area contributed by atoms with Gasteiger partial charge in [0.1, 0.15) is 25.1 Å². The first-order chi connectivity index (χ1) is 20.4. The summed E-state index contributed by atoms with van der Waals surface area (Å²) in [6.45, 7) is 0.108. The van der Waals surface area contributed by atoms with Gasteiger partial charge in [0.15, 0.2) is 11.5 Å². The van der Waals surface area contributed by atoms with E-state index in [1.165, 1.54) is 7.11 Å². The summed E-state index contributed by atoms with van der Waals surface area (Å²) in [7, 11) is 1.54. The molecule has 3 atom stereocenters. The van der Waals surface area contributed by atoms with E-state index < -0.39 is 29.1 Å². The number of aliphatic carboxylic acids is 1. The maximum Gasteiger partial charge on any atom is 0.308 e. The zero-order chi connectivity index (χ0) is 29.9. The summed E-state index contributed by atoms with van der Waals surface area (Å²) in [5.41, 5.74) is 1.83. The van der Waals surface area contributed by atoms with Gasteiger partial charge in [-0.25, -0.2) is 0 Å². The molecule has 0 saturated carbocycles. The van der Waals surface area contributed by atoms with Crippen molar-refractivity contribution in [1.82, 2.24) is 10.3 Å². The van der Waals surface area contributed by atoms with Crippen molar-refractivity contribution in [3.63, 3.8) is 0 Å². The molecule has 0 spiro atoms. The number of para-hydroxylation sites is 3. The predicted octanol–water partition coefficient (Wildman–Crippen LogP) is 4.61. The molecule has 0 saturated heterocycles. The fourth-order valence-electron chi connectivity index (χ4n) is 5.00. The number of nitrogens with one attached hydrogen (secondary N) is 2. The van der Waals surface area contributed by atoms with Crippen molar-refractivity contribution in [3.8, 4) is 17.2 Å². The number of halogens is 1. The Morgan fingerprint density at radius 1 is 0.953 bits per heavy atom. The number of carboxylic acid groups (broad SMARTS) is 1. The standard InChI is InChI=1S/C30H35N3O9.ClH/c1-39-25-13-4-5-14-26(25)40-18-16-31-29(21(30(35)36)10-6-7-17-42-33(37)38)24(34)19-41-27-15-8-12-23-28(27)20-9-2-3-11-22(20)32-23;/h2-5,8-9,11-15,21,24,29,31-32,34H,6-7,10,16-19H2,1H3,(H,35,36);1H. The molecule has 3 unspecified atom stereocenters. The van der Waals surface area contributed by atoms with Gasteiger partial charge in [-0.3, -0.25) is 4.79 Å². The van der Waals surface area contributed by atoms with Crippen molar-refractivity contribution >= 4 is 40.2 Å². The second kappa shape index (κ2) is 16.4. The van der Waals surface area contributed by atoms with E-state index in [4.69, 9.17) is 14.2 Å². The van der Waals surface area contributed by atoms with Crippen LogP contribution in [0.15, 0.2) is 66.7 Å². The maximum absolute atomic E-state index is 12.3. The van der Waals surface area contributed by atoms with Gasteiger partial charge >= 0.3 is 5.97 Å². The molecule has 4 aromatic rings. The number of ether oxygens (including phenoxy) is 3. The Morgan fingerprint density at radius 3 is 2.40 bits per heavy atom. The highest BCUT2D eigenvalue weighted by atomic mass is 35.5. The van der Waals surface area contributed by atoms with E-state index in [0.29, 0.717) is 30.1 Å². The fraction of sp³-hybridized carbons (Fsp3) is 0.367. The van der Waals surface area contributed by atoms with Gasteiger partial charge in [0.05, 0.1) is 25.2 Å². The van der Waals surface area contributed by atoms with Crippen LogP contribution in [-0.4, -0.2) is 71.9 Å². The van der Waals surface area contributed by atoms with Crippen LogP contribution in [-0.2, 0) is 9.63 Å². The topological polar surface area (TPSA) is 165 Å². The van der Waals surface area contributed by atoms with Gasteiger partial charge in [-0.2, -0.15) is 0 Å². The number of aromatic nitrogens is 1. The first kappa shape index (κ1) is 33.2. The number of rotatable bonds is 18. The van der Waals surface area contributed by atoms with E-state index in [1.54, 1.807) is 12.1 Å². The smallest absolute Gasteiger partial charge is 0.308 e. The van der Waals surface area contributed by atoms with Crippen LogP contribution in [0.2, 0.25) is 0 Å². The Labute approximate surface area is 254 Å². The van der Waals surface area contributed by atoms with Crippen molar-refractivity contribution in [2.45, 2.75) is 31.4 Å². The van der Waals surface area contributed by atoms with Gasteiger partial charge in [-0.15, -0.1) is 22.5 Å². The molecule has 0 fully saturated rings. The molecule has 0 aliphatic heterocycles. The van der Waals surface area contributed by atoms with Gasteiger partial charge in [0.25, 0.3) is 5.09 Å². The summed E-state index contributed by atoms with van der Waals surface area (Å²) >= 11 is 0. The van der Waals surface area contributed by atoms with Crippen molar-refractivity contribution in [2.75, 3.05) is 33.5 Å². The quantitative estimate of drug-likeness (QED) is 0.0704. The first-order valence-electron chi connectivity index (χ1n) is 13.7. The van der Waals surface area contributed by atoms with E-state index in [9.17, 15) is 25.1 Å². The minimum absolute atomic E-state index is 0. The van der Waals surface area contributed by atoms with Gasteiger partial charge in [0.2, 0.25) is 0 Å². The highest BCUT2D eigenvalue weighted by molar-refractivity contribution is 6.10. The third-order valence-electron chi connectivity index (χ3n) is 6.98. The number of benzene rings is 3. The molecule has 1 heterocycles. The number of hydrogen-bond acceptors (Lipinski definition) is 9. The van der Waals surface area contributed by atoms with Gasteiger partial charge in [0, 0.05) is 28.9 Å². The van der Waals surface area contributed by atoms with Crippen LogP contribution in [0, 0.1) is 16.0 Å². The van der Waals surface area contributed by atoms with E-state index in [0.717, 1.165) is 21.8 Å². The van der Waals surface area contributed by atoms with Crippen LogP contribution in [0.5, 0.6) is 17.2 Å². The number of carbonyl (C=O) groups is 1. The molecule has 12 nitrogen and oxygen atoms in total. The summed E-state index contributed by atoms with van der Waals surface area (Å²) in [4.78, 5) is 30.5. The number of unbranched alkanes of at least 4 members (excludes halogenated alkanes) is 1. The third-order valence-corrected chi connectivity index (χ3v) is 6.98. The molecule has 3 aromatic carbocycles. The molecule has 0 aliphatic rings. The highest BCUT2D eigenvalue weighted by Crippen LogP contribution is 2.33. The molecule has 0 amide bonds. The number of H-pyrrole nitrogens is 1. The summed E-state index contributed by atoms with van der Waals surface area (Å²) in [5.74, 6) is -0.449. The number of aliphatic hydroxyl groups is 1. The van der Waals surface area contributed by atoms with Crippen molar-refractivity contribution in [3.05, 3.63) is 76.8 Å². The van der Waals surface area contributed by atoms with Crippen molar-refractivity contribution in [2.24, 2.45) is 5.92 Å². The van der Waals surface area contributed by atoms with Crippen molar-refractivity contribution in [1.29, 1.82) is 0 Å². The number of fused-ring (bicyclic) bond motifs is 3. The Hall–Kier alpha value is -4.26. The number of nitrogens with zero attached hydrogens (tertiary/aromatic N) is 1. The Kier molecular flexibility index (Phi) is 12.7. The molecule has 4 N–H and O–H groups in total. The number of methoxy groups -OCH3 is 1. The van der Waals surface area contributed by atoms with E-state index in [2.05, 4.69) is 15.1 Å². The molecular weight excluding hydrogens is 582 g/mol. The summed E-state index contributed by atoms with van der Waals surface area (Å²) in [6.07, 6.45) is -0.393. The minimum Gasteiger partial charge on any atom is -0.493 e. The maximum atomic E-state index is 12.3. The zero-order valence-corrected chi connectivity index (χ0v) is 24.5. The van der Waals surface area contributed by atoms with Gasteiger partial charge in [-0.05, 0) is 43.2 Å². The first-order valence-corrected chi connectivity index (χ1v) is 13.7. The lowest BCUT2D eigenvalue weighted by Crippen LogP contribution is -2.51. The van der Waals surface area contributed by atoms with Crippen molar-refractivity contribution < 1.29 is 39.1 Å². The molecule has 4 rings (SSSR count). The van der Waals surface area contributed by atoms with E-state index >= 15 is 0 Å². The second-order valence-electron chi connectivity index (χ2n) is 9.70. The minimum atomic E-state index is -1.20. The number of aliphatic hydroxyl groups excluding tert-OH is 1. The fourth-order valence-corrected chi connectivity index (χ4v) is 5.00. The van der Waals surface area contributed by atoms with Gasteiger partial charge in [-0.1, -0.05) is 42.8 Å². The zero-order valence-electron chi connectivity index (χ0n) is 23.6. The van der Waals surface area contributed by atoms with Crippen LogP contribution in [0.25, 0.3) is 21.8 Å². The van der Waals surface area contributed by atoms with Gasteiger partial charge < -0.3 is 39.6 Å². The number of carboxylic acids is 1. The van der Waals surface area contributed by atoms with Crippen LogP contribution < -0.4 is 19.5 Å². The molecule has 0 aliphatic carbocycles. The summed E-state index contributed by atoms with van der Waals surface area (Å²) in [5, 5.41) is 35.9. The molecule has 1 aromatic heterocycles. The lowest BCUT2D eigenvalue weighted by Gasteiger charge is -2.30. The monoisotopic (exact) mass is 617 g/mol. The van der Waals surface area contributed by atoms with Crippen LogP contribution in [0.4, 0.5) is 0 Å². The number of hydrogen-bond donors (Lipinski definition) is 4. The highest BCUT2D eigenvalue weighted by Gasteiger charge is 2.33. The van der Waals surface area contributed by atoms with E-state index in [-0.39, 0.29) is 45.2 Å². The largest absolute Gasteiger partial charge is 0.493 e. The Morgan fingerprint density at radius 2 is 1.65 bits per heavy atom. The molecule has 43 heavy (non-hydrogen) atoms. The average Bonchev–Trinajstić information content (AvgIpc) is 3.37. The van der Waals surface area contributed by atoms with Crippen LogP contribution in [0.3, 0.4) is 0 Å². The second-order valence-corrected chi connectivity index (χ2v) is 9.70. The Bertz CT molecular complexity index is 1480. The average molecular weight is 618 g/mol. The third kappa shape index (κ3) is 8.87. The van der Waals surface area contributed by atoms with Crippen LogP contribution >= 0.6 is 12.4 Å². The molecular formula is C30H36ClN3O9. The lowest BCUT2D eigenvalue weighted by atomic mass is 9.90. The normalized spacial score (nSPS) is 13.1. The Balaban J connectivity index is 0.00000506. The number of aromatic amines is 1. The molecule has 232 valence electrons. The van der Waals surface area contributed by atoms with Crippen LogP contribution in [0.1, 0.15) is 19.3 Å². The molecule has 0 bridgehead atoms. The SMILES string of the molecule is COc1ccccc1OCCNC(C(O)COc1cccc2[nH]c3ccccc3c12)C(CCCCO[N+](=O)[O-])C(=O)O.Cl. The van der Waals surface area contributed by atoms with E-state index in [1.807, 2.05) is 54.6 Å². The molecule has 13 heteroatoms. The lowest BCUT2D eigenvalue weighted by molar-refractivity contribution is -0.757. The summed E-state index contributed by atoms with van der Waals surface area (Å²) in [6, 6.07) is 19.7. The molecule has 0 radical (unpaired) electrons. The predicted molar refractivity (Wildman–Crippen MR) is 163 cm³/mol. The summed E-state index contributed by atoms with van der Waals surface area (Å²) < 4.78 is 17.2.